The van der Waals surface area contributed by atoms with Crippen molar-refractivity contribution in [2.45, 2.75) is 24.7 Å². The van der Waals surface area contributed by atoms with E-state index in [1.54, 1.807) is 0 Å². The lowest BCUT2D eigenvalue weighted by Gasteiger charge is -2.13. The van der Waals surface area contributed by atoms with Crippen molar-refractivity contribution in [2.75, 3.05) is 5.75 Å². The maximum absolute atomic E-state index is 10.6. The van der Waals surface area contributed by atoms with Crippen molar-refractivity contribution in [3.63, 3.8) is 0 Å². The molecule has 0 saturated heterocycles. The quantitative estimate of drug-likeness (QED) is 0.307. The predicted octanol–water partition coefficient (Wildman–Crippen LogP) is 6.01. The Morgan fingerprint density at radius 1 is 0.879 bits per heavy atom. The first kappa shape index (κ1) is 21.4. The van der Waals surface area contributed by atoms with E-state index in [4.69, 9.17) is 4.98 Å². The summed E-state index contributed by atoms with van der Waals surface area (Å²) in [7, 11) is 0. The molecule has 0 spiro atoms. The highest BCUT2D eigenvalue weighted by molar-refractivity contribution is 7.99. The van der Waals surface area contributed by atoms with E-state index >= 15 is 0 Å². The summed E-state index contributed by atoms with van der Waals surface area (Å²) < 4.78 is 2.11. The first-order valence-corrected chi connectivity index (χ1v) is 12.0. The molecular weight excluding hydrogens is 428 g/mol. The molecule has 33 heavy (non-hydrogen) atoms. The second-order valence-electron chi connectivity index (χ2n) is 7.73. The number of thioether (sulfide) groups is 1. The zero-order chi connectivity index (χ0) is 22.6. The van der Waals surface area contributed by atoms with Gasteiger partial charge in [0.05, 0.1) is 17.3 Å². The molecular formula is C27H24N4OS. The van der Waals surface area contributed by atoms with Gasteiger partial charge in [0, 0.05) is 28.8 Å². The fourth-order valence-corrected chi connectivity index (χ4v) is 4.89. The summed E-state index contributed by atoms with van der Waals surface area (Å²) in [5, 5.41) is 21.5. The van der Waals surface area contributed by atoms with Crippen LogP contribution in [0.5, 0.6) is 0 Å². The minimum Gasteiger partial charge on any atom is -0.388 e. The number of para-hydroxylation sites is 1. The van der Waals surface area contributed by atoms with Crippen LogP contribution in [0, 0.1) is 0 Å². The van der Waals surface area contributed by atoms with Crippen molar-refractivity contribution in [3.05, 3.63) is 96.6 Å². The van der Waals surface area contributed by atoms with Gasteiger partial charge in [-0.3, -0.25) is 0 Å². The van der Waals surface area contributed by atoms with E-state index in [2.05, 4.69) is 46.0 Å². The summed E-state index contributed by atoms with van der Waals surface area (Å²) >= 11 is 1.52. The Labute approximate surface area is 197 Å². The summed E-state index contributed by atoms with van der Waals surface area (Å²) in [5.74, 6) is 1.32. The molecule has 5 nitrogen and oxygen atoms in total. The average molecular weight is 453 g/mol. The Balaban J connectivity index is 1.53. The molecule has 6 heteroatoms. The zero-order valence-electron chi connectivity index (χ0n) is 18.3. The van der Waals surface area contributed by atoms with Crippen LogP contribution in [0.25, 0.3) is 33.5 Å². The lowest BCUT2D eigenvalue weighted by Crippen LogP contribution is -2.04. The number of nitrogens with zero attached hydrogens (tertiary/aromatic N) is 4. The van der Waals surface area contributed by atoms with Gasteiger partial charge in [-0.25, -0.2) is 4.98 Å². The van der Waals surface area contributed by atoms with Crippen LogP contribution in [-0.4, -0.2) is 30.6 Å². The van der Waals surface area contributed by atoms with E-state index in [0.29, 0.717) is 5.75 Å². The minimum atomic E-state index is -0.562. The van der Waals surface area contributed by atoms with Crippen molar-refractivity contribution in [1.82, 2.24) is 19.7 Å². The number of rotatable bonds is 7. The molecule has 5 rings (SSSR count). The number of aliphatic hydroxyl groups is 1. The number of aromatic nitrogens is 4. The molecule has 0 amide bonds. The van der Waals surface area contributed by atoms with Gasteiger partial charge in [-0.05, 0) is 24.6 Å². The predicted molar refractivity (Wildman–Crippen MR) is 134 cm³/mol. The zero-order valence-corrected chi connectivity index (χ0v) is 19.1. The second-order valence-corrected chi connectivity index (χ2v) is 8.71. The summed E-state index contributed by atoms with van der Waals surface area (Å²) in [6.45, 7) is 2.81. The highest BCUT2D eigenvalue weighted by Gasteiger charge is 2.18. The first-order chi connectivity index (χ1) is 16.2. The van der Waals surface area contributed by atoms with Gasteiger partial charge >= 0.3 is 0 Å². The molecule has 5 aromatic rings. The van der Waals surface area contributed by atoms with Crippen molar-refractivity contribution in [2.24, 2.45) is 0 Å². The van der Waals surface area contributed by atoms with E-state index in [1.165, 1.54) is 11.8 Å². The molecule has 164 valence electrons. The molecule has 0 radical (unpaired) electrons. The van der Waals surface area contributed by atoms with E-state index in [9.17, 15) is 5.11 Å². The third-order valence-corrected chi connectivity index (χ3v) is 6.66. The molecule has 1 N–H and O–H groups in total. The number of hydrogen-bond acceptors (Lipinski definition) is 5. The van der Waals surface area contributed by atoms with Crippen LogP contribution in [0.3, 0.4) is 0 Å². The summed E-state index contributed by atoms with van der Waals surface area (Å²) in [5.41, 5.74) is 4.80. The van der Waals surface area contributed by atoms with Gasteiger partial charge in [-0.1, -0.05) is 90.6 Å². The monoisotopic (exact) mass is 452 g/mol. The summed E-state index contributed by atoms with van der Waals surface area (Å²) in [6.07, 6.45) is -0.562. The fraction of sp³-hybridized carbons (Fsp3) is 0.148. The molecule has 0 aliphatic carbocycles. The molecule has 2 aromatic heterocycles. The van der Waals surface area contributed by atoms with E-state index in [0.717, 1.165) is 50.8 Å². The number of benzene rings is 3. The third-order valence-electron chi connectivity index (χ3n) is 5.61. The molecule has 2 heterocycles. The lowest BCUT2D eigenvalue weighted by molar-refractivity contribution is 0.204. The summed E-state index contributed by atoms with van der Waals surface area (Å²) in [4.78, 5) is 4.89. The Bertz CT molecular complexity index is 1370. The van der Waals surface area contributed by atoms with Crippen molar-refractivity contribution in [3.8, 4) is 22.6 Å². The normalized spacial score (nSPS) is 12.2. The number of fused-ring (bicyclic) bond motifs is 1. The highest BCUT2D eigenvalue weighted by atomic mass is 32.2. The van der Waals surface area contributed by atoms with Crippen molar-refractivity contribution in [1.29, 1.82) is 0 Å². The Kier molecular flexibility index (Phi) is 6.19. The second kappa shape index (κ2) is 9.57. The number of hydrogen-bond donors (Lipinski definition) is 1. The van der Waals surface area contributed by atoms with Crippen LogP contribution in [0.2, 0.25) is 0 Å². The highest BCUT2D eigenvalue weighted by Crippen LogP contribution is 2.33. The third kappa shape index (κ3) is 4.40. The van der Waals surface area contributed by atoms with Crippen LogP contribution in [0.1, 0.15) is 18.6 Å². The van der Waals surface area contributed by atoms with Gasteiger partial charge in [0.25, 0.3) is 0 Å². The molecule has 0 fully saturated rings. The minimum absolute atomic E-state index is 0.508. The van der Waals surface area contributed by atoms with Crippen LogP contribution in [-0.2, 0) is 6.54 Å². The fourth-order valence-electron chi connectivity index (χ4n) is 3.92. The van der Waals surface area contributed by atoms with E-state index in [-0.39, 0.29) is 0 Å². The van der Waals surface area contributed by atoms with Gasteiger partial charge in [0.2, 0.25) is 0 Å². The topological polar surface area (TPSA) is 63.8 Å². The maximum atomic E-state index is 10.6. The standard InChI is InChI=1S/C27H24N4OS/c1-2-31-26(29-30-27(31)33-18-25(32)20-13-7-4-8-14-20)22-17-24(19-11-5-3-6-12-19)28-23-16-10-9-15-21(22)23/h3-17,25,32H,2,18H2,1H3/t25-/m1/s1. The SMILES string of the molecule is CCn1c(SC[C@@H](O)c2ccccc2)nnc1-c1cc(-c2ccccc2)nc2ccccc12. The van der Waals surface area contributed by atoms with E-state index in [1.807, 2.05) is 66.7 Å². The molecule has 0 aliphatic heterocycles. The smallest absolute Gasteiger partial charge is 0.191 e. The summed E-state index contributed by atoms with van der Waals surface area (Å²) in [6, 6.07) is 30.1. The van der Waals surface area contributed by atoms with Crippen molar-refractivity contribution < 1.29 is 5.11 Å². The Morgan fingerprint density at radius 2 is 1.58 bits per heavy atom. The van der Waals surface area contributed by atoms with Gasteiger partial charge in [0.15, 0.2) is 11.0 Å². The molecule has 0 aliphatic rings. The van der Waals surface area contributed by atoms with Gasteiger partial charge < -0.3 is 9.67 Å². The number of aliphatic hydroxyl groups excluding tert-OH is 1. The van der Waals surface area contributed by atoms with Crippen LogP contribution in [0.15, 0.2) is 96.2 Å². The van der Waals surface area contributed by atoms with Crippen molar-refractivity contribution >= 4 is 22.7 Å². The molecule has 0 saturated carbocycles. The van der Waals surface area contributed by atoms with Crippen LogP contribution < -0.4 is 0 Å². The molecule has 3 aromatic carbocycles. The Hall–Kier alpha value is -3.48. The van der Waals surface area contributed by atoms with Gasteiger partial charge in [-0.2, -0.15) is 0 Å². The average Bonchev–Trinajstić information content (AvgIpc) is 3.30. The Morgan fingerprint density at radius 3 is 2.33 bits per heavy atom. The molecule has 0 bridgehead atoms. The number of pyridine rings is 1. The van der Waals surface area contributed by atoms with Gasteiger partial charge in [0.1, 0.15) is 0 Å². The largest absolute Gasteiger partial charge is 0.388 e. The molecule has 0 unspecified atom stereocenters. The van der Waals surface area contributed by atoms with Gasteiger partial charge in [-0.15, -0.1) is 10.2 Å². The lowest BCUT2D eigenvalue weighted by atomic mass is 10.0. The maximum Gasteiger partial charge on any atom is 0.191 e. The molecule has 1 atom stereocenters. The van der Waals surface area contributed by atoms with Crippen LogP contribution in [0.4, 0.5) is 0 Å². The first-order valence-electron chi connectivity index (χ1n) is 11.0. The van der Waals surface area contributed by atoms with Crippen LogP contribution >= 0.6 is 11.8 Å². The van der Waals surface area contributed by atoms with E-state index < -0.39 is 6.10 Å².